The SMILES string of the molecule is CCNC(=NCC(OC)c1cccc(Cl)c1)N1CCC(C(=O)N2CCOCC2)CC1. The van der Waals surface area contributed by atoms with Gasteiger partial charge >= 0.3 is 0 Å². The maximum Gasteiger partial charge on any atom is 0.225 e. The largest absolute Gasteiger partial charge is 0.378 e. The van der Waals surface area contributed by atoms with Crippen LogP contribution in [0.3, 0.4) is 0 Å². The zero-order chi connectivity index (χ0) is 21.3. The van der Waals surface area contributed by atoms with Crippen LogP contribution in [0.25, 0.3) is 0 Å². The summed E-state index contributed by atoms with van der Waals surface area (Å²) in [5.41, 5.74) is 1.01. The first-order valence-electron chi connectivity index (χ1n) is 10.8. The van der Waals surface area contributed by atoms with Crippen LogP contribution in [-0.4, -0.2) is 81.3 Å². The maximum absolute atomic E-state index is 12.8. The van der Waals surface area contributed by atoms with Crippen molar-refractivity contribution in [3.8, 4) is 0 Å². The number of piperidine rings is 1. The molecule has 2 heterocycles. The third-order valence-corrected chi connectivity index (χ3v) is 5.95. The van der Waals surface area contributed by atoms with Crippen molar-refractivity contribution in [3.63, 3.8) is 0 Å². The zero-order valence-corrected chi connectivity index (χ0v) is 18.7. The van der Waals surface area contributed by atoms with E-state index in [0.717, 1.165) is 44.0 Å². The summed E-state index contributed by atoms with van der Waals surface area (Å²) in [7, 11) is 1.69. The van der Waals surface area contributed by atoms with E-state index in [0.29, 0.717) is 37.9 Å². The number of benzene rings is 1. The second-order valence-electron chi connectivity index (χ2n) is 7.67. The molecule has 2 saturated heterocycles. The molecule has 30 heavy (non-hydrogen) atoms. The van der Waals surface area contributed by atoms with E-state index in [4.69, 9.17) is 26.1 Å². The molecule has 0 aromatic heterocycles. The van der Waals surface area contributed by atoms with Crippen LogP contribution in [0.1, 0.15) is 31.4 Å². The summed E-state index contributed by atoms with van der Waals surface area (Å²) in [6, 6.07) is 7.70. The minimum atomic E-state index is -0.155. The average molecular weight is 437 g/mol. The van der Waals surface area contributed by atoms with Crippen LogP contribution in [0.4, 0.5) is 0 Å². The highest BCUT2D eigenvalue weighted by Crippen LogP contribution is 2.23. The molecular weight excluding hydrogens is 404 g/mol. The normalized spacial score (nSPS) is 19.6. The van der Waals surface area contributed by atoms with Crippen molar-refractivity contribution in [2.45, 2.75) is 25.9 Å². The van der Waals surface area contributed by atoms with E-state index in [2.05, 4.69) is 17.1 Å². The molecule has 2 aliphatic heterocycles. The lowest BCUT2D eigenvalue weighted by atomic mass is 9.95. The molecule has 3 rings (SSSR count). The van der Waals surface area contributed by atoms with Gasteiger partial charge in [0, 0.05) is 50.8 Å². The Balaban J connectivity index is 1.58. The first-order chi connectivity index (χ1) is 14.6. The van der Waals surface area contributed by atoms with E-state index in [9.17, 15) is 4.79 Å². The van der Waals surface area contributed by atoms with Gasteiger partial charge in [0.2, 0.25) is 5.91 Å². The number of carbonyl (C=O) groups is 1. The number of aliphatic imine (C=N–C) groups is 1. The Labute approximate surface area is 184 Å². The summed E-state index contributed by atoms with van der Waals surface area (Å²) in [4.78, 5) is 21.8. The topological polar surface area (TPSA) is 66.4 Å². The Bertz CT molecular complexity index is 716. The summed E-state index contributed by atoms with van der Waals surface area (Å²) < 4.78 is 11.0. The number of carbonyl (C=O) groups excluding carboxylic acids is 1. The van der Waals surface area contributed by atoms with Gasteiger partial charge < -0.3 is 24.6 Å². The Hall–Kier alpha value is -1.83. The Kier molecular flexibility index (Phi) is 8.78. The molecular formula is C22H33ClN4O3. The van der Waals surface area contributed by atoms with Gasteiger partial charge in [-0.05, 0) is 37.5 Å². The van der Waals surface area contributed by atoms with E-state index >= 15 is 0 Å². The number of nitrogens with zero attached hydrogens (tertiary/aromatic N) is 3. The third kappa shape index (κ3) is 6.09. The first-order valence-corrected chi connectivity index (χ1v) is 11.2. The fraction of sp³-hybridized carbons (Fsp3) is 0.636. The standard InChI is InChI=1S/C22H33ClN4O3/c1-3-24-22(25-16-20(29-2)18-5-4-6-19(23)15-18)27-9-7-17(8-10-27)21(28)26-11-13-30-14-12-26/h4-6,15,17,20H,3,7-14,16H2,1-2H3,(H,24,25). The molecule has 0 spiro atoms. The van der Waals surface area contributed by atoms with Gasteiger partial charge in [-0.15, -0.1) is 0 Å². The van der Waals surface area contributed by atoms with Crippen molar-refractivity contribution in [1.29, 1.82) is 0 Å². The van der Waals surface area contributed by atoms with Crippen molar-refractivity contribution < 1.29 is 14.3 Å². The van der Waals surface area contributed by atoms with E-state index < -0.39 is 0 Å². The van der Waals surface area contributed by atoms with Crippen LogP contribution in [0.5, 0.6) is 0 Å². The van der Waals surface area contributed by atoms with Crippen molar-refractivity contribution in [2.24, 2.45) is 10.9 Å². The van der Waals surface area contributed by atoms with Gasteiger partial charge in [-0.25, -0.2) is 0 Å². The first kappa shape index (κ1) is 22.8. The minimum absolute atomic E-state index is 0.0976. The van der Waals surface area contributed by atoms with Crippen molar-refractivity contribution in [2.75, 3.05) is 59.6 Å². The predicted molar refractivity (Wildman–Crippen MR) is 119 cm³/mol. The number of likely N-dealkylation sites (tertiary alicyclic amines) is 1. The number of halogens is 1. The number of hydrogen-bond donors (Lipinski definition) is 1. The number of methoxy groups -OCH3 is 1. The number of amides is 1. The fourth-order valence-electron chi connectivity index (χ4n) is 4.00. The molecule has 1 N–H and O–H groups in total. The van der Waals surface area contributed by atoms with E-state index in [1.807, 2.05) is 29.2 Å². The number of ether oxygens (including phenoxy) is 2. The lowest BCUT2D eigenvalue weighted by Crippen LogP contribution is -2.50. The van der Waals surface area contributed by atoms with Gasteiger partial charge in [0.25, 0.3) is 0 Å². The van der Waals surface area contributed by atoms with Crippen LogP contribution in [0, 0.1) is 5.92 Å². The molecule has 2 aliphatic rings. The van der Waals surface area contributed by atoms with E-state index in [-0.39, 0.29) is 17.9 Å². The number of nitrogens with one attached hydrogen (secondary N) is 1. The van der Waals surface area contributed by atoms with E-state index in [1.54, 1.807) is 7.11 Å². The molecule has 0 radical (unpaired) electrons. The number of morpholine rings is 1. The van der Waals surface area contributed by atoms with Crippen LogP contribution >= 0.6 is 11.6 Å². The van der Waals surface area contributed by atoms with Crippen LogP contribution < -0.4 is 5.32 Å². The number of guanidine groups is 1. The Morgan fingerprint density at radius 1 is 1.27 bits per heavy atom. The molecule has 1 aromatic rings. The van der Waals surface area contributed by atoms with Gasteiger partial charge in [-0.1, -0.05) is 23.7 Å². The fourth-order valence-corrected chi connectivity index (χ4v) is 4.20. The van der Waals surface area contributed by atoms with Crippen molar-refractivity contribution >= 4 is 23.5 Å². The lowest BCUT2D eigenvalue weighted by molar-refractivity contribution is -0.140. The highest BCUT2D eigenvalue weighted by molar-refractivity contribution is 6.30. The smallest absolute Gasteiger partial charge is 0.225 e. The summed E-state index contributed by atoms with van der Waals surface area (Å²) >= 11 is 6.13. The quantitative estimate of drug-likeness (QED) is 0.548. The second kappa shape index (κ2) is 11.5. The Morgan fingerprint density at radius 3 is 2.63 bits per heavy atom. The highest BCUT2D eigenvalue weighted by atomic mass is 35.5. The van der Waals surface area contributed by atoms with Gasteiger partial charge in [-0.3, -0.25) is 9.79 Å². The average Bonchev–Trinajstić information content (AvgIpc) is 2.79. The summed E-state index contributed by atoms with van der Waals surface area (Å²) in [5, 5.41) is 4.08. The third-order valence-electron chi connectivity index (χ3n) is 5.71. The van der Waals surface area contributed by atoms with Crippen LogP contribution in [0.2, 0.25) is 5.02 Å². The summed E-state index contributed by atoms with van der Waals surface area (Å²) in [6.07, 6.45) is 1.54. The van der Waals surface area contributed by atoms with Crippen molar-refractivity contribution in [1.82, 2.24) is 15.1 Å². The molecule has 0 saturated carbocycles. The molecule has 1 unspecified atom stereocenters. The van der Waals surface area contributed by atoms with Crippen LogP contribution in [0.15, 0.2) is 29.3 Å². The Morgan fingerprint density at radius 2 is 2.00 bits per heavy atom. The highest BCUT2D eigenvalue weighted by Gasteiger charge is 2.30. The minimum Gasteiger partial charge on any atom is -0.378 e. The van der Waals surface area contributed by atoms with Gasteiger partial charge in [0.05, 0.1) is 19.8 Å². The maximum atomic E-state index is 12.8. The number of rotatable bonds is 6. The zero-order valence-electron chi connectivity index (χ0n) is 18.0. The predicted octanol–water partition coefficient (Wildman–Crippen LogP) is 2.56. The molecule has 1 atom stereocenters. The summed E-state index contributed by atoms with van der Waals surface area (Å²) in [5.74, 6) is 1.25. The number of hydrogen-bond acceptors (Lipinski definition) is 4. The molecule has 7 nitrogen and oxygen atoms in total. The molecule has 0 aliphatic carbocycles. The summed E-state index contributed by atoms with van der Waals surface area (Å²) in [6.45, 7) is 7.73. The monoisotopic (exact) mass is 436 g/mol. The van der Waals surface area contributed by atoms with Gasteiger partial charge in [0.1, 0.15) is 6.10 Å². The molecule has 1 aromatic carbocycles. The van der Waals surface area contributed by atoms with Gasteiger partial charge in [0.15, 0.2) is 5.96 Å². The molecule has 0 bridgehead atoms. The van der Waals surface area contributed by atoms with Gasteiger partial charge in [-0.2, -0.15) is 0 Å². The second-order valence-corrected chi connectivity index (χ2v) is 8.11. The van der Waals surface area contributed by atoms with Crippen molar-refractivity contribution in [3.05, 3.63) is 34.9 Å². The molecule has 1 amide bonds. The van der Waals surface area contributed by atoms with Crippen LogP contribution in [-0.2, 0) is 14.3 Å². The molecule has 166 valence electrons. The van der Waals surface area contributed by atoms with E-state index in [1.165, 1.54) is 0 Å². The lowest BCUT2D eigenvalue weighted by Gasteiger charge is -2.36. The molecule has 8 heteroatoms. The molecule has 2 fully saturated rings.